The second-order valence-corrected chi connectivity index (χ2v) is 4.74. The summed E-state index contributed by atoms with van der Waals surface area (Å²) in [5.41, 5.74) is 3.03. The van der Waals surface area contributed by atoms with E-state index in [0.29, 0.717) is 5.71 Å². The molecule has 0 saturated heterocycles. The highest BCUT2D eigenvalue weighted by molar-refractivity contribution is 6.06. The summed E-state index contributed by atoms with van der Waals surface area (Å²) in [6.07, 6.45) is 3.70. The minimum absolute atomic E-state index is 0.182. The quantitative estimate of drug-likeness (QED) is 0.701. The zero-order chi connectivity index (χ0) is 11.5. The molecule has 0 aliphatic heterocycles. The van der Waals surface area contributed by atoms with Gasteiger partial charge >= 0.3 is 0 Å². The minimum Gasteiger partial charge on any atom is -0.300 e. The van der Waals surface area contributed by atoms with Gasteiger partial charge in [0.05, 0.1) is 5.71 Å². The van der Waals surface area contributed by atoms with Gasteiger partial charge in [-0.25, -0.2) is 0 Å². The molecule has 0 saturated carbocycles. The molecule has 0 unspecified atom stereocenters. The summed E-state index contributed by atoms with van der Waals surface area (Å²) >= 11 is 0. The molecule has 1 aromatic carbocycles. The molecule has 0 bridgehead atoms. The van der Waals surface area contributed by atoms with Crippen LogP contribution in [0.25, 0.3) is 0 Å². The van der Waals surface area contributed by atoms with Crippen LogP contribution in [0.1, 0.15) is 38.8 Å². The molecule has 0 fully saturated rings. The van der Waals surface area contributed by atoms with Crippen molar-refractivity contribution in [3.8, 4) is 0 Å². The van der Waals surface area contributed by atoms with Crippen molar-refractivity contribution in [3.05, 3.63) is 47.5 Å². The van der Waals surface area contributed by atoms with Gasteiger partial charge in [0.25, 0.3) is 0 Å². The van der Waals surface area contributed by atoms with E-state index in [9.17, 15) is 0 Å². The summed E-state index contributed by atoms with van der Waals surface area (Å²) in [6, 6.07) is 8.24. The number of hydrogen-bond donors (Lipinski definition) is 1. The van der Waals surface area contributed by atoms with E-state index in [1.165, 1.54) is 5.56 Å². The Kier molecular flexibility index (Phi) is 3.46. The van der Waals surface area contributed by atoms with Crippen molar-refractivity contribution in [2.75, 3.05) is 0 Å². The van der Waals surface area contributed by atoms with Gasteiger partial charge < -0.3 is 5.41 Å². The maximum absolute atomic E-state index is 7.77. The Morgan fingerprint density at radius 1 is 1.13 bits per heavy atom. The molecule has 0 spiro atoms. The van der Waals surface area contributed by atoms with E-state index < -0.39 is 0 Å². The summed E-state index contributed by atoms with van der Waals surface area (Å²) in [4.78, 5) is 0. The van der Waals surface area contributed by atoms with Gasteiger partial charge in [0.2, 0.25) is 0 Å². The third-order valence-corrected chi connectivity index (χ3v) is 2.40. The van der Waals surface area contributed by atoms with Gasteiger partial charge in [0, 0.05) is 0 Å². The topological polar surface area (TPSA) is 23.9 Å². The first-order valence-corrected chi connectivity index (χ1v) is 5.27. The monoisotopic (exact) mass is 201 g/mol. The van der Waals surface area contributed by atoms with E-state index in [1.807, 2.05) is 31.2 Å². The second-order valence-electron chi connectivity index (χ2n) is 4.74. The maximum atomic E-state index is 7.77. The van der Waals surface area contributed by atoms with Gasteiger partial charge in [-0.05, 0) is 29.5 Å². The zero-order valence-corrected chi connectivity index (χ0v) is 9.96. The average Bonchev–Trinajstić information content (AvgIpc) is 2.17. The Bertz CT molecular complexity index is 363. The number of nitrogens with one attached hydrogen (secondary N) is 1. The third-order valence-electron chi connectivity index (χ3n) is 2.40. The number of benzene rings is 1. The van der Waals surface area contributed by atoms with Crippen LogP contribution in [0.3, 0.4) is 0 Å². The molecule has 1 nitrogen and oxygen atoms in total. The van der Waals surface area contributed by atoms with Crippen LogP contribution in [0.15, 0.2) is 36.4 Å². The first-order chi connectivity index (χ1) is 6.95. The highest BCUT2D eigenvalue weighted by Crippen LogP contribution is 2.22. The lowest BCUT2D eigenvalue weighted by Gasteiger charge is -2.19. The lowest BCUT2D eigenvalue weighted by atomic mass is 9.86. The van der Waals surface area contributed by atoms with Gasteiger partial charge in [0.1, 0.15) is 0 Å². The van der Waals surface area contributed by atoms with Crippen molar-refractivity contribution in [2.45, 2.75) is 33.1 Å². The highest BCUT2D eigenvalue weighted by atomic mass is 14.4. The predicted octanol–water partition coefficient (Wildman–Crippen LogP) is 3.93. The van der Waals surface area contributed by atoms with Gasteiger partial charge in [-0.2, -0.15) is 0 Å². The molecular formula is C14H19N. The highest BCUT2D eigenvalue weighted by Gasteiger charge is 2.12. The molecule has 1 N–H and O–H groups in total. The average molecular weight is 201 g/mol. The van der Waals surface area contributed by atoms with Crippen LogP contribution < -0.4 is 0 Å². The van der Waals surface area contributed by atoms with Crippen molar-refractivity contribution < 1.29 is 0 Å². The largest absolute Gasteiger partial charge is 0.300 e. The number of hydrogen-bond acceptors (Lipinski definition) is 1. The molecule has 0 aliphatic carbocycles. The van der Waals surface area contributed by atoms with Crippen molar-refractivity contribution in [3.63, 3.8) is 0 Å². The lowest BCUT2D eigenvalue weighted by Crippen LogP contribution is -2.11. The Morgan fingerprint density at radius 2 is 1.67 bits per heavy atom. The Morgan fingerprint density at radius 3 is 2.07 bits per heavy atom. The molecular weight excluding hydrogens is 182 g/mol. The number of rotatable bonds is 2. The first-order valence-electron chi connectivity index (χ1n) is 5.27. The van der Waals surface area contributed by atoms with Gasteiger partial charge in [-0.3, -0.25) is 0 Å². The number of allylic oxidation sites excluding steroid dienone is 2. The van der Waals surface area contributed by atoms with Crippen LogP contribution in [0.4, 0.5) is 0 Å². The first kappa shape index (κ1) is 11.7. The molecule has 80 valence electrons. The fraction of sp³-hybridized carbons (Fsp3) is 0.357. The van der Waals surface area contributed by atoms with E-state index in [4.69, 9.17) is 5.41 Å². The summed E-state index contributed by atoms with van der Waals surface area (Å²) in [5.74, 6) is 0. The molecule has 0 aliphatic rings. The third kappa shape index (κ3) is 3.05. The Hall–Kier alpha value is -1.37. The van der Waals surface area contributed by atoms with Crippen LogP contribution in [0.5, 0.6) is 0 Å². The molecule has 0 heterocycles. The van der Waals surface area contributed by atoms with Crippen molar-refractivity contribution in [2.24, 2.45) is 0 Å². The summed E-state index contributed by atoms with van der Waals surface area (Å²) in [7, 11) is 0. The van der Waals surface area contributed by atoms with Crippen LogP contribution in [-0.4, -0.2) is 5.71 Å². The van der Waals surface area contributed by atoms with E-state index >= 15 is 0 Å². The van der Waals surface area contributed by atoms with E-state index in [-0.39, 0.29) is 5.41 Å². The van der Waals surface area contributed by atoms with Crippen molar-refractivity contribution in [1.82, 2.24) is 0 Å². The van der Waals surface area contributed by atoms with E-state index in [1.54, 1.807) is 0 Å². The Balaban J connectivity index is 2.95. The van der Waals surface area contributed by atoms with Gasteiger partial charge in [-0.1, -0.05) is 51.1 Å². The molecule has 0 atom stereocenters. The molecule has 1 aromatic rings. The van der Waals surface area contributed by atoms with Crippen LogP contribution in [0, 0.1) is 5.41 Å². The van der Waals surface area contributed by atoms with E-state index in [0.717, 1.165) is 5.56 Å². The fourth-order valence-corrected chi connectivity index (χ4v) is 1.41. The van der Waals surface area contributed by atoms with Gasteiger partial charge in [0.15, 0.2) is 0 Å². The standard InChI is InChI=1S/C14H19N/c1-5-6-13(15)11-7-9-12(10-8-11)14(2,3)4/h5-10,15H,1-4H3/b6-5-,15-13?. The molecule has 1 rings (SSSR count). The SMILES string of the molecule is C/C=C\C(=N)c1ccc(C(C)(C)C)cc1. The normalized spacial score (nSPS) is 12.0. The summed E-state index contributed by atoms with van der Waals surface area (Å²) in [5, 5.41) is 7.77. The molecule has 1 heteroatoms. The molecule has 0 aromatic heterocycles. The fourth-order valence-electron chi connectivity index (χ4n) is 1.41. The Labute approximate surface area is 92.3 Å². The van der Waals surface area contributed by atoms with E-state index in [2.05, 4.69) is 32.9 Å². The predicted molar refractivity (Wildman–Crippen MR) is 66.8 cm³/mol. The van der Waals surface area contributed by atoms with Crippen LogP contribution >= 0.6 is 0 Å². The van der Waals surface area contributed by atoms with Crippen molar-refractivity contribution >= 4 is 5.71 Å². The van der Waals surface area contributed by atoms with Crippen molar-refractivity contribution in [1.29, 1.82) is 5.41 Å². The van der Waals surface area contributed by atoms with Gasteiger partial charge in [-0.15, -0.1) is 0 Å². The molecule has 0 amide bonds. The minimum atomic E-state index is 0.182. The van der Waals surface area contributed by atoms with Crippen LogP contribution in [-0.2, 0) is 5.41 Å². The van der Waals surface area contributed by atoms with Crippen LogP contribution in [0.2, 0.25) is 0 Å². The molecule has 15 heavy (non-hydrogen) atoms. The molecule has 0 radical (unpaired) electrons. The maximum Gasteiger partial charge on any atom is 0.0608 e. The second kappa shape index (κ2) is 4.43. The summed E-state index contributed by atoms with van der Waals surface area (Å²) in [6.45, 7) is 8.51. The zero-order valence-electron chi connectivity index (χ0n) is 9.96. The smallest absolute Gasteiger partial charge is 0.0608 e. The summed E-state index contributed by atoms with van der Waals surface area (Å²) < 4.78 is 0. The lowest BCUT2D eigenvalue weighted by molar-refractivity contribution is 0.590.